The highest BCUT2D eigenvalue weighted by molar-refractivity contribution is 5.37. The maximum absolute atomic E-state index is 12.4. The summed E-state index contributed by atoms with van der Waals surface area (Å²) >= 11 is 0. The summed E-state index contributed by atoms with van der Waals surface area (Å²) in [5.74, 6) is 0.494. The van der Waals surface area contributed by atoms with Crippen molar-refractivity contribution in [1.82, 2.24) is 5.32 Å². The average molecular weight is 261 g/mol. The molecule has 0 aliphatic carbocycles. The van der Waals surface area contributed by atoms with Crippen LogP contribution in [-0.4, -0.2) is 19.2 Å². The van der Waals surface area contributed by atoms with Crippen molar-refractivity contribution in [1.29, 1.82) is 0 Å². The van der Waals surface area contributed by atoms with Crippen LogP contribution in [-0.2, 0) is 6.18 Å². The van der Waals surface area contributed by atoms with Crippen molar-refractivity contribution in [3.63, 3.8) is 0 Å². The molecule has 1 aromatic carbocycles. The fraction of sp³-hybridized carbons (Fsp3) is 0.538. The Labute approximate surface area is 105 Å². The van der Waals surface area contributed by atoms with E-state index in [1.165, 1.54) is 6.07 Å². The molecular formula is C13H18F3NO. The number of benzene rings is 1. The molecule has 0 saturated heterocycles. The monoisotopic (exact) mass is 261 g/mol. The standard InChI is InChI=1S/C13H18F3NO/c1-9(2)17-6-7-18-12-5-4-11(8-10(12)3)13(14,15)16/h4-5,8-9,17H,6-7H2,1-3H3. The normalized spacial score (nSPS) is 11.9. The maximum Gasteiger partial charge on any atom is 0.416 e. The number of hydrogen-bond donors (Lipinski definition) is 1. The van der Waals surface area contributed by atoms with Gasteiger partial charge in [-0.1, -0.05) is 13.8 Å². The van der Waals surface area contributed by atoms with E-state index in [9.17, 15) is 13.2 Å². The van der Waals surface area contributed by atoms with Crippen LogP contribution >= 0.6 is 0 Å². The van der Waals surface area contributed by atoms with Crippen LogP contribution < -0.4 is 10.1 Å². The number of alkyl halides is 3. The van der Waals surface area contributed by atoms with E-state index in [1.807, 2.05) is 13.8 Å². The molecule has 0 unspecified atom stereocenters. The number of ether oxygens (including phenoxy) is 1. The van der Waals surface area contributed by atoms with Gasteiger partial charge in [0.2, 0.25) is 0 Å². The summed E-state index contributed by atoms with van der Waals surface area (Å²) in [6, 6.07) is 3.87. The zero-order valence-electron chi connectivity index (χ0n) is 10.8. The maximum atomic E-state index is 12.4. The molecule has 0 heterocycles. The molecule has 18 heavy (non-hydrogen) atoms. The van der Waals surface area contributed by atoms with Crippen LogP contribution in [0, 0.1) is 6.92 Å². The fourth-order valence-electron chi connectivity index (χ4n) is 1.50. The minimum absolute atomic E-state index is 0.363. The summed E-state index contributed by atoms with van der Waals surface area (Å²) in [7, 11) is 0. The van der Waals surface area contributed by atoms with Crippen LogP contribution in [0.4, 0.5) is 13.2 Å². The van der Waals surface area contributed by atoms with E-state index in [1.54, 1.807) is 6.92 Å². The first-order chi connectivity index (χ1) is 8.30. The van der Waals surface area contributed by atoms with Gasteiger partial charge in [0.15, 0.2) is 0 Å². The number of halogens is 3. The van der Waals surface area contributed by atoms with Crippen molar-refractivity contribution in [3.05, 3.63) is 29.3 Å². The van der Waals surface area contributed by atoms with Crippen LogP contribution in [0.25, 0.3) is 0 Å². The van der Waals surface area contributed by atoms with Gasteiger partial charge in [-0.05, 0) is 30.7 Å². The second-order valence-corrected chi connectivity index (χ2v) is 4.44. The second-order valence-electron chi connectivity index (χ2n) is 4.44. The Kier molecular flexibility index (Phi) is 5.02. The first kappa shape index (κ1) is 14.8. The second kappa shape index (κ2) is 6.09. The Morgan fingerprint density at radius 3 is 2.44 bits per heavy atom. The van der Waals surface area contributed by atoms with Gasteiger partial charge in [-0.2, -0.15) is 13.2 Å². The molecule has 0 amide bonds. The Balaban J connectivity index is 2.58. The quantitative estimate of drug-likeness (QED) is 0.820. The highest BCUT2D eigenvalue weighted by atomic mass is 19.4. The summed E-state index contributed by atoms with van der Waals surface area (Å²) in [4.78, 5) is 0. The van der Waals surface area contributed by atoms with E-state index < -0.39 is 11.7 Å². The van der Waals surface area contributed by atoms with E-state index in [0.29, 0.717) is 30.5 Å². The van der Waals surface area contributed by atoms with Crippen LogP contribution in [0.1, 0.15) is 25.0 Å². The first-order valence-corrected chi connectivity index (χ1v) is 5.84. The van der Waals surface area contributed by atoms with Gasteiger partial charge in [-0.15, -0.1) is 0 Å². The van der Waals surface area contributed by atoms with Gasteiger partial charge in [0.1, 0.15) is 12.4 Å². The molecule has 1 N–H and O–H groups in total. The molecule has 5 heteroatoms. The lowest BCUT2D eigenvalue weighted by Crippen LogP contribution is -2.27. The summed E-state index contributed by atoms with van der Waals surface area (Å²) in [5.41, 5.74) is -0.151. The predicted octanol–water partition coefficient (Wildman–Crippen LogP) is 3.39. The molecule has 0 aromatic heterocycles. The first-order valence-electron chi connectivity index (χ1n) is 5.84. The molecule has 2 nitrogen and oxygen atoms in total. The van der Waals surface area contributed by atoms with Gasteiger partial charge < -0.3 is 10.1 Å². The van der Waals surface area contributed by atoms with Gasteiger partial charge in [0, 0.05) is 12.6 Å². The van der Waals surface area contributed by atoms with E-state index in [-0.39, 0.29) is 0 Å². The number of rotatable bonds is 5. The predicted molar refractivity (Wildman–Crippen MR) is 64.8 cm³/mol. The van der Waals surface area contributed by atoms with Crippen LogP contribution in [0.15, 0.2) is 18.2 Å². The third-order valence-corrected chi connectivity index (χ3v) is 2.41. The summed E-state index contributed by atoms with van der Waals surface area (Å²) in [6.45, 7) is 6.75. The number of aryl methyl sites for hydroxylation is 1. The molecule has 1 aromatic rings. The van der Waals surface area contributed by atoms with Crippen molar-refractivity contribution in [3.8, 4) is 5.75 Å². The molecule has 0 radical (unpaired) electrons. The zero-order valence-corrected chi connectivity index (χ0v) is 10.8. The minimum Gasteiger partial charge on any atom is -0.492 e. The van der Waals surface area contributed by atoms with E-state index >= 15 is 0 Å². The third kappa shape index (κ3) is 4.56. The molecule has 0 atom stereocenters. The highest BCUT2D eigenvalue weighted by Crippen LogP contribution is 2.32. The number of nitrogens with one attached hydrogen (secondary N) is 1. The lowest BCUT2D eigenvalue weighted by atomic mass is 10.1. The lowest BCUT2D eigenvalue weighted by Gasteiger charge is -2.13. The Morgan fingerprint density at radius 1 is 1.28 bits per heavy atom. The van der Waals surface area contributed by atoms with E-state index in [4.69, 9.17) is 4.74 Å². The number of hydrogen-bond acceptors (Lipinski definition) is 2. The Hall–Kier alpha value is -1.23. The molecule has 102 valence electrons. The zero-order chi connectivity index (χ0) is 13.8. The molecule has 0 spiro atoms. The SMILES string of the molecule is Cc1cc(C(F)(F)F)ccc1OCCNC(C)C. The van der Waals surface area contributed by atoms with Crippen molar-refractivity contribution in [2.75, 3.05) is 13.2 Å². The topological polar surface area (TPSA) is 21.3 Å². The van der Waals surface area contributed by atoms with Gasteiger partial charge in [0.25, 0.3) is 0 Å². The largest absolute Gasteiger partial charge is 0.492 e. The molecule has 0 aliphatic heterocycles. The smallest absolute Gasteiger partial charge is 0.416 e. The van der Waals surface area contributed by atoms with Gasteiger partial charge in [-0.3, -0.25) is 0 Å². The summed E-state index contributed by atoms with van der Waals surface area (Å²) in [5, 5.41) is 3.17. The van der Waals surface area contributed by atoms with Gasteiger partial charge in [-0.25, -0.2) is 0 Å². The van der Waals surface area contributed by atoms with Crippen molar-refractivity contribution in [2.45, 2.75) is 33.0 Å². The summed E-state index contributed by atoms with van der Waals surface area (Å²) in [6.07, 6.45) is -4.30. The molecule has 1 rings (SSSR count). The van der Waals surface area contributed by atoms with E-state index in [2.05, 4.69) is 5.32 Å². The average Bonchev–Trinajstić information content (AvgIpc) is 2.24. The lowest BCUT2D eigenvalue weighted by molar-refractivity contribution is -0.137. The molecule has 0 bridgehead atoms. The van der Waals surface area contributed by atoms with Crippen molar-refractivity contribution < 1.29 is 17.9 Å². The van der Waals surface area contributed by atoms with Crippen LogP contribution in [0.3, 0.4) is 0 Å². The van der Waals surface area contributed by atoms with Crippen molar-refractivity contribution in [2.24, 2.45) is 0 Å². The Bertz CT molecular complexity index is 388. The van der Waals surface area contributed by atoms with Crippen LogP contribution in [0.2, 0.25) is 0 Å². The van der Waals surface area contributed by atoms with E-state index in [0.717, 1.165) is 12.1 Å². The van der Waals surface area contributed by atoms with Gasteiger partial charge >= 0.3 is 6.18 Å². The fourth-order valence-corrected chi connectivity index (χ4v) is 1.50. The molecule has 0 aliphatic rings. The third-order valence-electron chi connectivity index (χ3n) is 2.41. The van der Waals surface area contributed by atoms with Crippen molar-refractivity contribution >= 4 is 0 Å². The van der Waals surface area contributed by atoms with Crippen LogP contribution in [0.5, 0.6) is 5.75 Å². The highest BCUT2D eigenvalue weighted by Gasteiger charge is 2.30. The summed E-state index contributed by atoms with van der Waals surface area (Å²) < 4.78 is 42.8. The van der Waals surface area contributed by atoms with Gasteiger partial charge in [0.05, 0.1) is 5.56 Å². The minimum atomic E-state index is -4.30. The molecular weight excluding hydrogens is 243 g/mol. The molecule has 0 saturated carbocycles. The molecule has 0 fully saturated rings. The Morgan fingerprint density at radius 2 is 1.94 bits per heavy atom.